The van der Waals surface area contributed by atoms with Crippen LogP contribution in [0.15, 0.2) is 24.3 Å². The van der Waals surface area contributed by atoms with E-state index in [-0.39, 0.29) is 0 Å². The Morgan fingerprint density at radius 2 is 1.80 bits per heavy atom. The fraction of sp³-hybridized carbons (Fsp3) is 0.632. The van der Waals surface area contributed by atoms with Crippen LogP contribution in [0, 0.1) is 5.92 Å². The molecule has 1 aliphatic carbocycles. The molecular weight excluding hydrogens is 244 g/mol. The summed E-state index contributed by atoms with van der Waals surface area (Å²) in [6.45, 7) is 2.28. The summed E-state index contributed by atoms with van der Waals surface area (Å²) in [4.78, 5) is 10.8. The molecule has 2 atom stereocenters. The third-order valence-electron chi connectivity index (χ3n) is 4.84. The molecule has 1 heteroatoms. The minimum atomic E-state index is 0.728. The molecule has 0 saturated heterocycles. The number of hydrogen-bond donors (Lipinski definition) is 0. The first kappa shape index (κ1) is 15.3. The predicted octanol–water partition coefficient (Wildman–Crippen LogP) is 5.74. The van der Waals surface area contributed by atoms with E-state index in [4.69, 9.17) is 0 Å². The average Bonchev–Trinajstić information content (AvgIpc) is 2.52. The molecule has 1 aromatic carbocycles. The maximum atomic E-state index is 10.8. The maximum absolute atomic E-state index is 10.8. The Kier molecular flexibility index (Phi) is 6.29. The van der Waals surface area contributed by atoms with E-state index in [9.17, 15) is 4.79 Å². The van der Waals surface area contributed by atoms with Gasteiger partial charge in [0.1, 0.15) is 6.29 Å². The molecule has 1 fully saturated rings. The molecule has 0 N–H and O–H groups in total. The zero-order chi connectivity index (χ0) is 14.2. The van der Waals surface area contributed by atoms with Crippen LogP contribution in [0.25, 0.3) is 0 Å². The lowest BCUT2D eigenvalue weighted by Crippen LogP contribution is -2.18. The molecule has 20 heavy (non-hydrogen) atoms. The number of benzene rings is 1. The van der Waals surface area contributed by atoms with E-state index < -0.39 is 0 Å². The van der Waals surface area contributed by atoms with Crippen molar-refractivity contribution >= 4 is 6.29 Å². The van der Waals surface area contributed by atoms with Crippen LogP contribution in [0.5, 0.6) is 0 Å². The average molecular weight is 272 g/mol. The van der Waals surface area contributed by atoms with Crippen molar-refractivity contribution in [2.75, 3.05) is 0 Å². The Hall–Kier alpha value is -1.11. The molecule has 0 spiro atoms. The van der Waals surface area contributed by atoms with Crippen LogP contribution in [0.4, 0.5) is 0 Å². The molecule has 1 aromatic rings. The van der Waals surface area contributed by atoms with E-state index in [0.29, 0.717) is 0 Å². The second-order valence-electron chi connectivity index (χ2n) is 6.28. The fourth-order valence-corrected chi connectivity index (χ4v) is 3.65. The minimum absolute atomic E-state index is 0.728. The highest BCUT2D eigenvalue weighted by Crippen LogP contribution is 2.40. The SMILES string of the molecule is CCCCCCC1CCCCC1c1ccc(C=O)cc1. The molecule has 2 rings (SSSR count). The van der Waals surface area contributed by atoms with E-state index >= 15 is 0 Å². The molecule has 0 amide bonds. The van der Waals surface area contributed by atoms with E-state index in [2.05, 4.69) is 19.1 Å². The van der Waals surface area contributed by atoms with Gasteiger partial charge in [0.05, 0.1) is 0 Å². The van der Waals surface area contributed by atoms with Gasteiger partial charge in [-0.25, -0.2) is 0 Å². The van der Waals surface area contributed by atoms with Gasteiger partial charge >= 0.3 is 0 Å². The summed E-state index contributed by atoms with van der Waals surface area (Å²) in [6, 6.07) is 8.31. The van der Waals surface area contributed by atoms with Gasteiger partial charge in [-0.2, -0.15) is 0 Å². The summed E-state index contributed by atoms with van der Waals surface area (Å²) in [7, 11) is 0. The molecule has 0 heterocycles. The molecule has 1 nitrogen and oxygen atoms in total. The molecule has 0 aliphatic heterocycles. The van der Waals surface area contributed by atoms with Crippen LogP contribution in [0.3, 0.4) is 0 Å². The lowest BCUT2D eigenvalue weighted by Gasteiger charge is -2.32. The molecule has 2 unspecified atom stereocenters. The number of rotatable bonds is 7. The molecule has 0 radical (unpaired) electrons. The number of aldehydes is 1. The van der Waals surface area contributed by atoms with Gasteiger partial charge in [-0.3, -0.25) is 4.79 Å². The van der Waals surface area contributed by atoms with Crippen molar-refractivity contribution in [1.29, 1.82) is 0 Å². The Balaban J connectivity index is 1.96. The summed E-state index contributed by atoms with van der Waals surface area (Å²) in [5.41, 5.74) is 2.25. The van der Waals surface area contributed by atoms with Crippen LogP contribution in [0.2, 0.25) is 0 Å². The third-order valence-corrected chi connectivity index (χ3v) is 4.84. The maximum Gasteiger partial charge on any atom is 0.150 e. The Bertz CT molecular complexity index is 393. The zero-order valence-corrected chi connectivity index (χ0v) is 12.8. The monoisotopic (exact) mass is 272 g/mol. The lowest BCUT2D eigenvalue weighted by molar-refractivity contribution is 0.112. The van der Waals surface area contributed by atoms with Crippen LogP contribution < -0.4 is 0 Å². The predicted molar refractivity (Wildman–Crippen MR) is 85.3 cm³/mol. The molecule has 110 valence electrons. The van der Waals surface area contributed by atoms with Crippen LogP contribution in [0.1, 0.15) is 86.6 Å². The molecular formula is C19H28O. The van der Waals surface area contributed by atoms with Gasteiger partial charge < -0.3 is 0 Å². The van der Waals surface area contributed by atoms with Crippen LogP contribution in [-0.4, -0.2) is 6.29 Å². The van der Waals surface area contributed by atoms with Gasteiger partial charge in [-0.05, 0) is 36.7 Å². The standard InChI is InChI=1S/C19H28O/c1-2-3-4-5-8-17-9-6-7-10-19(17)18-13-11-16(15-20)12-14-18/h11-15,17,19H,2-10H2,1H3. The van der Waals surface area contributed by atoms with E-state index in [1.165, 1.54) is 63.4 Å². The van der Waals surface area contributed by atoms with Crippen molar-refractivity contribution in [3.63, 3.8) is 0 Å². The second kappa shape index (κ2) is 8.24. The van der Waals surface area contributed by atoms with Gasteiger partial charge in [0.25, 0.3) is 0 Å². The zero-order valence-electron chi connectivity index (χ0n) is 12.8. The minimum Gasteiger partial charge on any atom is -0.298 e. The van der Waals surface area contributed by atoms with Gasteiger partial charge in [0.15, 0.2) is 0 Å². The summed E-state index contributed by atoms with van der Waals surface area (Å²) in [6.07, 6.45) is 13.3. The van der Waals surface area contributed by atoms with Gasteiger partial charge in [-0.1, -0.05) is 69.7 Å². The summed E-state index contributed by atoms with van der Waals surface area (Å²) in [5.74, 6) is 1.59. The van der Waals surface area contributed by atoms with Crippen molar-refractivity contribution in [1.82, 2.24) is 0 Å². The van der Waals surface area contributed by atoms with E-state index in [0.717, 1.165) is 23.7 Å². The van der Waals surface area contributed by atoms with Crippen molar-refractivity contribution in [3.05, 3.63) is 35.4 Å². The molecule has 1 aliphatic rings. The molecule has 0 bridgehead atoms. The Morgan fingerprint density at radius 1 is 1.05 bits per heavy atom. The number of carbonyl (C=O) groups is 1. The highest BCUT2D eigenvalue weighted by molar-refractivity contribution is 5.74. The number of unbranched alkanes of at least 4 members (excludes halogenated alkanes) is 3. The quantitative estimate of drug-likeness (QED) is 0.456. The van der Waals surface area contributed by atoms with Crippen molar-refractivity contribution in [2.45, 2.75) is 70.6 Å². The van der Waals surface area contributed by atoms with E-state index in [1.807, 2.05) is 12.1 Å². The van der Waals surface area contributed by atoms with Gasteiger partial charge in [0.2, 0.25) is 0 Å². The van der Waals surface area contributed by atoms with Crippen molar-refractivity contribution in [3.8, 4) is 0 Å². The largest absolute Gasteiger partial charge is 0.298 e. The van der Waals surface area contributed by atoms with E-state index in [1.54, 1.807) is 0 Å². The highest BCUT2D eigenvalue weighted by Gasteiger charge is 2.25. The topological polar surface area (TPSA) is 17.1 Å². The van der Waals surface area contributed by atoms with Gasteiger partial charge in [0, 0.05) is 5.56 Å². The summed E-state index contributed by atoms with van der Waals surface area (Å²) < 4.78 is 0. The summed E-state index contributed by atoms with van der Waals surface area (Å²) in [5, 5.41) is 0. The normalized spacial score (nSPS) is 22.6. The number of carbonyl (C=O) groups excluding carboxylic acids is 1. The fourth-order valence-electron chi connectivity index (χ4n) is 3.65. The van der Waals surface area contributed by atoms with Gasteiger partial charge in [-0.15, -0.1) is 0 Å². The smallest absolute Gasteiger partial charge is 0.150 e. The second-order valence-corrected chi connectivity index (χ2v) is 6.28. The first-order valence-electron chi connectivity index (χ1n) is 8.40. The summed E-state index contributed by atoms with van der Waals surface area (Å²) >= 11 is 0. The number of hydrogen-bond acceptors (Lipinski definition) is 1. The molecule has 1 saturated carbocycles. The van der Waals surface area contributed by atoms with Crippen molar-refractivity contribution < 1.29 is 4.79 Å². The van der Waals surface area contributed by atoms with Crippen LogP contribution in [-0.2, 0) is 0 Å². The van der Waals surface area contributed by atoms with Crippen molar-refractivity contribution in [2.24, 2.45) is 5.92 Å². The third kappa shape index (κ3) is 4.19. The molecule has 0 aromatic heterocycles. The lowest BCUT2D eigenvalue weighted by atomic mass is 9.73. The van der Waals surface area contributed by atoms with Crippen LogP contribution >= 0.6 is 0 Å². The highest BCUT2D eigenvalue weighted by atomic mass is 16.1. The Labute approximate surface area is 123 Å². The Morgan fingerprint density at radius 3 is 2.50 bits per heavy atom. The first-order chi connectivity index (χ1) is 9.85. The first-order valence-corrected chi connectivity index (χ1v) is 8.40.